The summed E-state index contributed by atoms with van der Waals surface area (Å²) in [5.74, 6) is -1.43. The van der Waals surface area contributed by atoms with Gasteiger partial charge in [-0.1, -0.05) is 65.2 Å². The van der Waals surface area contributed by atoms with Gasteiger partial charge in [-0.3, -0.25) is 14.4 Å². The number of carbonyl (C=O) groups is 2. The molecule has 32 heavy (non-hydrogen) atoms. The molecule has 0 bridgehead atoms. The Morgan fingerprint density at radius 2 is 1.62 bits per heavy atom. The van der Waals surface area contributed by atoms with Crippen LogP contribution in [0.4, 0.5) is 11.4 Å². The SMILES string of the molecule is Cc1ccc(N2C(=O)[C@H]3[C@@H](ON(c4ccccc4)[C@H]3c3ccc(Cl)cc3Cl)C2=O)c(C)c1. The van der Waals surface area contributed by atoms with Crippen LogP contribution in [0.5, 0.6) is 0 Å². The van der Waals surface area contributed by atoms with Crippen molar-refractivity contribution in [1.82, 2.24) is 0 Å². The van der Waals surface area contributed by atoms with E-state index in [4.69, 9.17) is 28.0 Å². The molecule has 3 atom stereocenters. The highest BCUT2D eigenvalue weighted by Crippen LogP contribution is 2.49. The third kappa shape index (κ3) is 3.28. The Balaban J connectivity index is 1.62. The molecule has 0 aromatic heterocycles. The Hall–Kier alpha value is -2.86. The lowest BCUT2D eigenvalue weighted by Gasteiger charge is -2.29. The first-order valence-corrected chi connectivity index (χ1v) is 11.0. The first-order valence-electron chi connectivity index (χ1n) is 10.3. The fourth-order valence-corrected chi connectivity index (χ4v) is 5.08. The van der Waals surface area contributed by atoms with Crippen LogP contribution in [0, 0.1) is 19.8 Å². The lowest BCUT2D eigenvalue weighted by Crippen LogP contribution is -2.37. The number of amides is 2. The van der Waals surface area contributed by atoms with E-state index in [1.54, 1.807) is 29.3 Å². The smallest absolute Gasteiger partial charge is 0.266 e. The maximum atomic E-state index is 13.7. The highest BCUT2D eigenvalue weighted by Gasteiger charge is 2.60. The molecular formula is C25H20Cl2N2O3. The van der Waals surface area contributed by atoms with E-state index in [2.05, 4.69) is 0 Å². The normalized spacial score (nSPS) is 22.6. The number of anilines is 2. The minimum absolute atomic E-state index is 0.304. The second-order valence-corrected chi connectivity index (χ2v) is 8.97. The summed E-state index contributed by atoms with van der Waals surface area (Å²) in [4.78, 5) is 34.5. The van der Waals surface area contributed by atoms with Crippen LogP contribution in [0.25, 0.3) is 0 Å². The number of benzene rings is 3. The summed E-state index contributed by atoms with van der Waals surface area (Å²) in [6.07, 6.45) is -0.944. The number of halogens is 2. The van der Waals surface area contributed by atoms with Gasteiger partial charge in [0.1, 0.15) is 5.92 Å². The van der Waals surface area contributed by atoms with Crippen molar-refractivity contribution in [3.63, 3.8) is 0 Å². The Kier molecular flexibility index (Phi) is 5.20. The monoisotopic (exact) mass is 466 g/mol. The van der Waals surface area contributed by atoms with Crippen molar-refractivity contribution in [2.45, 2.75) is 26.0 Å². The predicted octanol–water partition coefficient (Wildman–Crippen LogP) is 5.66. The minimum atomic E-state index is -0.944. The number of hydrogen-bond donors (Lipinski definition) is 0. The summed E-state index contributed by atoms with van der Waals surface area (Å²) < 4.78 is 0. The summed E-state index contributed by atoms with van der Waals surface area (Å²) >= 11 is 12.7. The van der Waals surface area contributed by atoms with Crippen molar-refractivity contribution >= 4 is 46.4 Å². The van der Waals surface area contributed by atoms with Crippen LogP contribution in [0.2, 0.25) is 10.0 Å². The molecule has 0 unspecified atom stereocenters. The molecule has 0 radical (unpaired) electrons. The predicted molar refractivity (Wildman–Crippen MR) is 125 cm³/mol. The molecule has 3 aromatic rings. The molecule has 7 heteroatoms. The van der Waals surface area contributed by atoms with Crippen LogP contribution in [-0.2, 0) is 14.4 Å². The third-order valence-corrected chi connectivity index (χ3v) is 6.56. The number of fused-ring (bicyclic) bond motifs is 1. The van der Waals surface area contributed by atoms with Gasteiger partial charge in [-0.25, -0.2) is 9.96 Å². The zero-order chi connectivity index (χ0) is 22.6. The van der Waals surface area contributed by atoms with Gasteiger partial charge < -0.3 is 0 Å². The van der Waals surface area contributed by atoms with Gasteiger partial charge in [0.15, 0.2) is 6.10 Å². The van der Waals surface area contributed by atoms with Gasteiger partial charge in [0, 0.05) is 10.0 Å². The van der Waals surface area contributed by atoms with E-state index in [0.717, 1.165) is 16.8 Å². The van der Waals surface area contributed by atoms with Crippen molar-refractivity contribution < 1.29 is 14.4 Å². The molecule has 2 heterocycles. The van der Waals surface area contributed by atoms with E-state index < -0.39 is 18.1 Å². The number of hydrogen-bond acceptors (Lipinski definition) is 4. The fraction of sp³-hybridized carbons (Fsp3) is 0.200. The van der Waals surface area contributed by atoms with E-state index in [0.29, 0.717) is 21.3 Å². The number of hydroxylamine groups is 1. The number of carbonyl (C=O) groups excluding carboxylic acids is 2. The Morgan fingerprint density at radius 1 is 0.875 bits per heavy atom. The van der Waals surface area contributed by atoms with Crippen molar-refractivity contribution in [2.24, 2.45) is 5.92 Å². The minimum Gasteiger partial charge on any atom is -0.273 e. The summed E-state index contributed by atoms with van der Waals surface area (Å²) in [5.41, 5.74) is 3.90. The molecule has 0 saturated carbocycles. The van der Waals surface area contributed by atoms with Crippen LogP contribution in [0.3, 0.4) is 0 Å². The Bertz CT molecular complexity index is 1230. The van der Waals surface area contributed by atoms with Gasteiger partial charge in [0.2, 0.25) is 5.91 Å². The lowest BCUT2D eigenvalue weighted by atomic mass is 9.90. The van der Waals surface area contributed by atoms with Crippen molar-refractivity contribution in [1.29, 1.82) is 0 Å². The molecule has 2 aliphatic heterocycles. The van der Waals surface area contributed by atoms with Crippen molar-refractivity contribution in [2.75, 3.05) is 9.96 Å². The molecule has 5 rings (SSSR count). The quantitative estimate of drug-likeness (QED) is 0.467. The van der Waals surface area contributed by atoms with Crippen molar-refractivity contribution in [3.8, 4) is 0 Å². The van der Waals surface area contributed by atoms with E-state index >= 15 is 0 Å². The largest absolute Gasteiger partial charge is 0.273 e. The van der Waals surface area contributed by atoms with Gasteiger partial charge >= 0.3 is 0 Å². The number of imide groups is 1. The zero-order valence-electron chi connectivity index (χ0n) is 17.5. The van der Waals surface area contributed by atoms with Gasteiger partial charge in [-0.05, 0) is 55.3 Å². The Labute approximate surface area is 196 Å². The number of aryl methyl sites for hydroxylation is 2. The van der Waals surface area contributed by atoms with E-state index in [9.17, 15) is 9.59 Å². The van der Waals surface area contributed by atoms with E-state index in [-0.39, 0.29) is 11.8 Å². The average molecular weight is 467 g/mol. The number of para-hydroxylation sites is 1. The van der Waals surface area contributed by atoms with Crippen LogP contribution in [-0.4, -0.2) is 17.9 Å². The topological polar surface area (TPSA) is 49.9 Å². The molecule has 0 N–H and O–H groups in total. The van der Waals surface area contributed by atoms with Crippen LogP contribution in [0.15, 0.2) is 66.7 Å². The molecule has 3 aromatic carbocycles. The first-order chi connectivity index (χ1) is 15.4. The third-order valence-electron chi connectivity index (χ3n) is 6.00. The van der Waals surface area contributed by atoms with Crippen LogP contribution in [0.1, 0.15) is 22.7 Å². The van der Waals surface area contributed by atoms with E-state index in [1.807, 2.05) is 56.3 Å². The molecule has 2 saturated heterocycles. The molecule has 0 aliphatic carbocycles. The van der Waals surface area contributed by atoms with Crippen LogP contribution < -0.4 is 9.96 Å². The molecule has 2 fully saturated rings. The maximum absolute atomic E-state index is 13.7. The fourth-order valence-electron chi connectivity index (χ4n) is 4.56. The average Bonchev–Trinajstić information content (AvgIpc) is 3.26. The second kappa shape index (κ2) is 7.93. The standard InChI is InChI=1S/C25H20Cl2N2O3/c1-14-8-11-20(15(2)12-14)28-24(30)21-22(18-10-9-16(26)13-19(18)27)29(32-23(21)25(28)31)17-6-4-3-5-7-17/h3-13,21-23H,1-2H3/t21-,22+,23-/m1/s1. The number of nitrogens with zero attached hydrogens (tertiary/aromatic N) is 2. The molecular weight excluding hydrogens is 447 g/mol. The summed E-state index contributed by atoms with van der Waals surface area (Å²) in [6, 6.07) is 19.6. The molecule has 2 amide bonds. The lowest BCUT2D eigenvalue weighted by molar-refractivity contribution is -0.126. The van der Waals surface area contributed by atoms with Crippen LogP contribution >= 0.6 is 23.2 Å². The highest BCUT2D eigenvalue weighted by atomic mass is 35.5. The van der Waals surface area contributed by atoms with Crippen molar-refractivity contribution in [3.05, 3.63) is 93.5 Å². The summed E-state index contributed by atoms with van der Waals surface area (Å²) in [6.45, 7) is 3.86. The van der Waals surface area contributed by atoms with E-state index in [1.165, 1.54) is 4.90 Å². The van der Waals surface area contributed by atoms with Gasteiger partial charge in [0.25, 0.3) is 5.91 Å². The maximum Gasteiger partial charge on any atom is 0.266 e. The van der Waals surface area contributed by atoms with Gasteiger partial charge in [-0.2, -0.15) is 0 Å². The summed E-state index contributed by atoms with van der Waals surface area (Å²) in [7, 11) is 0. The zero-order valence-corrected chi connectivity index (χ0v) is 19.0. The highest BCUT2D eigenvalue weighted by molar-refractivity contribution is 6.35. The molecule has 162 valence electrons. The molecule has 2 aliphatic rings. The molecule has 5 nitrogen and oxygen atoms in total. The second-order valence-electron chi connectivity index (χ2n) is 8.13. The molecule has 0 spiro atoms. The first kappa shape index (κ1) is 21.0. The van der Waals surface area contributed by atoms with Gasteiger partial charge in [-0.15, -0.1) is 0 Å². The summed E-state index contributed by atoms with van der Waals surface area (Å²) in [5, 5.41) is 2.53. The Morgan fingerprint density at radius 3 is 2.31 bits per heavy atom. The number of rotatable bonds is 3. The van der Waals surface area contributed by atoms with Gasteiger partial charge in [0.05, 0.1) is 17.4 Å².